The summed E-state index contributed by atoms with van der Waals surface area (Å²) in [4.78, 5) is 7.54. The van der Waals surface area contributed by atoms with Crippen LogP contribution in [0.1, 0.15) is 5.82 Å². The van der Waals surface area contributed by atoms with Gasteiger partial charge in [0.05, 0.1) is 6.20 Å². The van der Waals surface area contributed by atoms with Gasteiger partial charge in [-0.1, -0.05) is 0 Å². The Morgan fingerprint density at radius 2 is 2.24 bits per heavy atom. The van der Waals surface area contributed by atoms with Crippen molar-refractivity contribution in [1.82, 2.24) is 24.7 Å². The van der Waals surface area contributed by atoms with E-state index in [9.17, 15) is 4.39 Å². The minimum absolute atomic E-state index is 0.142. The summed E-state index contributed by atoms with van der Waals surface area (Å²) in [7, 11) is 1.79. The number of nitrogen functional groups attached to an aromatic ring is 1. The van der Waals surface area contributed by atoms with Crippen molar-refractivity contribution < 1.29 is 4.39 Å². The van der Waals surface area contributed by atoms with E-state index in [1.165, 1.54) is 0 Å². The first-order chi connectivity index (χ1) is 8.11. The third-order valence-corrected chi connectivity index (χ3v) is 3.10. The van der Waals surface area contributed by atoms with Crippen LogP contribution in [0.4, 0.5) is 10.3 Å². The lowest BCUT2D eigenvalue weighted by molar-refractivity contribution is 0.579. The van der Waals surface area contributed by atoms with Gasteiger partial charge >= 0.3 is 0 Å². The molecule has 3 N–H and O–H groups in total. The van der Waals surface area contributed by atoms with E-state index in [0.29, 0.717) is 5.16 Å². The van der Waals surface area contributed by atoms with E-state index >= 15 is 0 Å². The first-order valence-electron chi connectivity index (χ1n) is 4.65. The molecule has 0 aliphatic rings. The van der Waals surface area contributed by atoms with Crippen LogP contribution in [0.5, 0.6) is 0 Å². The summed E-state index contributed by atoms with van der Waals surface area (Å²) in [5.74, 6) is 5.50. The number of hydrogen-bond donors (Lipinski definition) is 2. The van der Waals surface area contributed by atoms with Gasteiger partial charge in [-0.25, -0.2) is 20.2 Å². The largest absolute Gasteiger partial charge is 0.309 e. The zero-order chi connectivity index (χ0) is 12.4. The Bertz CT molecular complexity index is 541. The summed E-state index contributed by atoms with van der Waals surface area (Å²) in [6, 6.07) is 0. The van der Waals surface area contributed by atoms with E-state index in [2.05, 4.69) is 25.6 Å². The van der Waals surface area contributed by atoms with Gasteiger partial charge in [0.2, 0.25) is 5.95 Å². The van der Waals surface area contributed by atoms with Crippen LogP contribution < -0.4 is 11.3 Å². The number of anilines is 1. The van der Waals surface area contributed by atoms with Crippen molar-refractivity contribution in [2.75, 3.05) is 5.43 Å². The third kappa shape index (κ3) is 2.34. The predicted octanol–water partition coefficient (Wildman–Crippen LogP) is 0.489. The van der Waals surface area contributed by atoms with Crippen molar-refractivity contribution in [2.45, 2.75) is 17.1 Å². The van der Waals surface area contributed by atoms with Gasteiger partial charge in [0.25, 0.3) is 0 Å². The topological polar surface area (TPSA) is 94.5 Å². The highest BCUT2D eigenvalue weighted by atomic mass is 32.2. The van der Waals surface area contributed by atoms with Crippen LogP contribution in [-0.2, 0) is 7.05 Å². The molecule has 0 atom stereocenters. The summed E-state index contributed by atoms with van der Waals surface area (Å²) < 4.78 is 15.2. The molecule has 7 nitrogen and oxygen atoms in total. The highest BCUT2D eigenvalue weighted by molar-refractivity contribution is 7.99. The Morgan fingerprint density at radius 3 is 2.82 bits per heavy atom. The van der Waals surface area contributed by atoms with Crippen LogP contribution in [0.15, 0.2) is 16.4 Å². The van der Waals surface area contributed by atoms with Crippen molar-refractivity contribution in [3.05, 3.63) is 17.8 Å². The minimum atomic E-state index is -0.533. The lowest BCUT2D eigenvalue weighted by Crippen LogP contribution is -2.11. The van der Waals surface area contributed by atoms with Gasteiger partial charge in [0.1, 0.15) is 10.9 Å². The maximum Gasteiger partial charge on any atom is 0.238 e. The van der Waals surface area contributed by atoms with Crippen molar-refractivity contribution in [3.63, 3.8) is 0 Å². The predicted molar refractivity (Wildman–Crippen MR) is 59.7 cm³/mol. The zero-order valence-electron chi connectivity index (χ0n) is 9.18. The number of nitrogens with one attached hydrogen (secondary N) is 1. The highest BCUT2D eigenvalue weighted by Crippen LogP contribution is 2.26. The summed E-state index contributed by atoms with van der Waals surface area (Å²) in [5, 5.41) is 8.46. The van der Waals surface area contributed by atoms with Crippen LogP contribution in [0, 0.1) is 12.7 Å². The number of rotatable bonds is 3. The molecule has 0 fully saturated rings. The molecule has 0 bridgehead atoms. The van der Waals surface area contributed by atoms with Crippen LogP contribution in [-0.4, -0.2) is 24.7 Å². The van der Waals surface area contributed by atoms with Crippen LogP contribution >= 0.6 is 11.8 Å². The second-order valence-electron chi connectivity index (χ2n) is 3.18. The average Bonchev–Trinajstić information content (AvgIpc) is 2.64. The molecule has 0 radical (unpaired) electrons. The molecule has 9 heteroatoms. The summed E-state index contributed by atoms with van der Waals surface area (Å²) in [6.07, 6.45) is 1.05. The quantitative estimate of drug-likeness (QED) is 0.468. The van der Waals surface area contributed by atoms with Crippen LogP contribution in [0.3, 0.4) is 0 Å². The van der Waals surface area contributed by atoms with Gasteiger partial charge in [-0.2, -0.15) is 0 Å². The van der Waals surface area contributed by atoms with Gasteiger partial charge < -0.3 is 4.57 Å². The summed E-state index contributed by atoms with van der Waals surface area (Å²) in [5.41, 5.74) is 2.26. The van der Waals surface area contributed by atoms with Gasteiger partial charge in [0, 0.05) is 7.05 Å². The normalized spacial score (nSPS) is 10.6. The molecule has 2 heterocycles. The molecule has 2 aromatic heterocycles. The van der Waals surface area contributed by atoms with Crippen molar-refractivity contribution in [3.8, 4) is 0 Å². The minimum Gasteiger partial charge on any atom is -0.309 e. The number of hydrogen-bond acceptors (Lipinski definition) is 7. The van der Waals surface area contributed by atoms with E-state index in [0.717, 1.165) is 23.8 Å². The Morgan fingerprint density at radius 1 is 1.47 bits per heavy atom. The molecule has 0 unspecified atom stereocenters. The molecule has 2 aromatic rings. The highest BCUT2D eigenvalue weighted by Gasteiger charge is 2.13. The zero-order valence-corrected chi connectivity index (χ0v) is 9.99. The molecular weight excluding hydrogens is 245 g/mol. The first kappa shape index (κ1) is 11.7. The number of hydrazine groups is 1. The molecule has 0 aromatic carbocycles. The lowest BCUT2D eigenvalue weighted by atomic mass is 10.6. The number of nitrogens with two attached hydrogens (primary N) is 1. The van der Waals surface area contributed by atoms with E-state index in [-0.39, 0.29) is 11.0 Å². The van der Waals surface area contributed by atoms with Crippen LogP contribution in [0.25, 0.3) is 0 Å². The molecule has 0 aliphatic carbocycles. The first-order valence-corrected chi connectivity index (χ1v) is 5.46. The van der Waals surface area contributed by atoms with Gasteiger partial charge in [-0.15, -0.1) is 10.2 Å². The Labute approximate surface area is 101 Å². The summed E-state index contributed by atoms with van der Waals surface area (Å²) >= 11 is 1.06. The molecular formula is C8H10FN7S. The number of aromatic nitrogens is 5. The molecule has 90 valence electrons. The average molecular weight is 255 g/mol. The van der Waals surface area contributed by atoms with Gasteiger partial charge in [-0.05, 0) is 18.7 Å². The maximum absolute atomic E-state index is 13.5. The van der Waals surface area contributed by atoms with Crippen molar-refractivity contribution in [2.24, 2.45) is 12.9 Å². The van der Waals surface area contributed by atoms with Crippen LogP contribution in [0.2, 0.25) is 0 Å². The number of nitrogens with zero attached hydrogens (tertiary/aromatic N) is 5. The fourth-order valence-corrected chi connectivity index (χ4v) is 1.86. The second-order valence-corrected chi connectivity index (χ2v) is 4.14. The fourth-order valence-electron chi connectivity index (χ4n) is 1.06. The molecule has 17 heavy (non-hydrogen) atoms. The molecule has 0 amide bonds. The molecule has 0 spiro atoms. The standard InChI is InChI=1S/C8H10FN7S/c1-4-14-15-8(16(4)2)17-6-5(9)3-11-7(12-6)13-10/h3H,10H2,1-2H3,(H,11,12,13). The molecule has 0 saturated heterocycles. The van der Waals surface area contributed by atoms with E-state index in [1.54, 1.807) is 18.5 Å². The fraction of sp³-hybridized carbons (Fsp3) is 0.250. The van der Waals surface area contributed by atoms with E-state index < -0.39 is 5.82 Å². The third-order valence-electron chi connectivity index (χ3n) is 2.08. The maximum atomic E-state index is 13.5. The monoisotopic (exact) mass is 255 g/mol. The SMILES string of the molecule is Cc1nnc(Sc2nc(NN)ncc2F)n1C. The smallest absolute Gasteiger partial charge is 0.238 e. The second kappa shape index (κ2) is 4.63. The van der Waals surface area contributed by atoms with Crippen molar-refractivity contribution >= 4 is 17.7 Å². The van der Waals surface area contributed by atoms with Crippen molar-refractivity contribution in [1.29, 1.82) is 0 Å². The van der Waals surface area contributed by atoms with E-state index in [4.69, 9.17) is 5.84 Å². The molecule has 0 aliphatic heterocycles. The molecule has 2 rings (SSSR count). The number of aryl methyl sites for hydroxylation is 1. The summed E-state index contributed by atoms with van der Waals surface area (Å²) in [6.45, 7) is 1.81. The van der Waals surface area contributed by atoms with E-state index in [1.807, 2.05) is 0 Å². The Balaban J connectivity index is 2.32. The van der Waals surface area contributed by atoms with Gasteiger partial charge in [-0.3, -0.25) is 5.43 Å². The Kier molecular flexibility index (Phi) is 3.20. The Hall–Kier alpha value is -1.74. The van der Waals surface area contributed by atoms with Gasteiger partial charge in [0.15, 0.2) is 11.0 Å². The number of halogens is 1. The molecule has 0 saturated carbocycles. The lowest BCUT2D eigenvalue weighted by Gasteiger charge is -2.03.